The van der Waals surface area contributed by atoms with Crippen LogP contribution < -0.4 is 0 Å². The van der Waals surface area contributed by atoms with Gasteiger partial charge in [0.2, 0.25) is 0 Å². The van der Waals surface area contributed by atoms with Crippen molar-refractivity contribution in [1.29, 1.82) is 0 Å². The minimum Gasteiger partial charge on any atom is -0.251 e. The highest BCUT2D eigenvalue weighted by Gasteiger charge is 2.07. The summed E-state index contributed by atoms with van der Waals surface area (Å²) in [6.07, 6.45) is 7.44. The van der Waals surface area contributed by atoms with Crippen LogP contribution in [0, 0.1) is 5.92 Å². The summed E-state index contributed by atoms with van der Waals surface area (Å²) in [6.45, 7) is 7.67. The standard InChI is InChI=1S/C7H14.C4H10O2/c1-7-5-3-2-4-6-7;1-4(2,3)6-5/h7H,2-6H2,1H3;5H,1-3H3. The van der Waals surface area contributed by atoms with Crippen molar-refractivity contribution in [3.63, 3.8) is 0 Å². The van der Waals surface area contributed by atoms with Crippen LogP contribution in [0.1, 0.15) is 59.8 Å². The van der Waals surface area contributed by atoms with Crippen molar-refractivity contribution >= 4 is 0 Å². The summed E-state index contributed by atoms with van der Waals surface area (Å²) < 4.78 is 0. The van der Waals surface area contributed by atoms with Crippen LogP contribution >= 0.6 is 0 Å². The van der Waals surface area contributed by atoms with Crippen LogP contribution in [0.2, 0.25) is 0 Å². The van der Waals surface area contributed by atoms with E-state index in [1.165, 1.54) is 32.1 Å². The lowest BCUT2D eigenvalue weighted by atomic mass is 9.91. The molecule has 13 heavy (non-hydrogen) atoms. The SMILES string of the molecule is CC(C)(C)OO.CC1CCCCC1. The highest BCUT2D eigenvalue weighted by molar-refractivity contribution is 4.59. The Morgan fingerprint density at radius 2 is 1.46 bits per heavy atom. The van der Waals surface area contributed by atoms with Gasteiger partial charge in [0, 0.05) is 0 Å². The Kier molecular flexibility index (Phi) is 6.35. The molecular formula is C11H24O2. The first-order chi connectivity index (χ1) is 5.95. The molecule has 0 atom stereocenters. The predicted molar refractivity (Wildman–Crippen MR) is 55.7 cm³/mol. The Bertz CT molecular complexity index is 110. The van der Waals surface area contributed by atoms with Crippen LogP contribution in [0.3, 0.4) is 0 Å². The third-order valence-corrected chi connectivity index (χ3v) is 2.17. The van der Waals surface area contributed by atoms with Crippen LogP contribution in [0.25, 0.3) is 0 Å². The molecule has 1 fully saturated rings. The third kappa shape index (κ3) is 9.84. The van der Waals surface area contributed by atoms with Gasteiger partial charge in [0.05, 0.1) is 5.60 Å². The van der Waals surface area contributed by atoms with Gasteiger partial charge in [-0.3, -0.25) is 5.26 Å². The van der Waals surface area contributed by atoms with Crippen molar-refractivity contribution in [3.05, 3.63) is 0 Å². The monoisotopic (exact) mass is 188 g/mol. The van der Waals surface area contributed by atoms with E-state index in [1.807, 2.05) is 0 Å². The Hall–Kier alpha value is -0.0800. The lowest BCUT2D eigenvalue weighted by Gasteiger charge is -2.15. The molecule has 0 saturated heterocycles. The van der Waals surface area contributed by atoms with Gasteiger partial charge in [0.15, 0.2) is 0 Å². The van der Waals surface area contributed by atoms with Crippen LogP contribution in [0.5, 0.6) is 0 Å². The minimum absolute atomic E-state index is 0.403. The lowest BCUT2D eigenvalue weighted by Crippen LogP contribution is -2.15. The van der Waals surface area contributed by atoms with Gasteiger partial charge in [-0.25, -0.2) is 4.89 Å². The molecule has 0 aliphatic heterocycles. The van der Waals surface area contributed by atoms with Gasteiger partial charge >= 0.3 is 0 Å². The molecule has 1 aliphatic carbocycles. The minimum atomic E-state index is -0.403. The first kappa shape index (κ1) is 12.9. The maximum absolute atomic E-state index is 7.90. The number of rotatable bonds is 0. The summed E-state index contributed by atoms with van der Waals surface area (Å²) >= 11 is 0. The van der Waals surface area contributed by atoms with Crippen LogP contribution in [0.15, 0.2) is 0 Å². The molecule has 2 nitrogen and oxygen atoms in total. The average Bonchev–Trinajstić information content (AvgIpc) is 2.06. The van der Waals surface area contributed by atoms with Crippen LogP contribution in [-0.4, -0.2) is 10.9 Å². The van der Waals surface area contributed by atoms with E-state index in [0.29, 0.717) is 0 Å². The van der Waals surface area contributed by atoms with Gasteiger partial charge in [-0.1, -0.05) is 39.0 Å². The first-order valence-corrected chi connectivity index (χ1v) is 5.28. The maximum atomic E-state index is 7.90. The van der Waals surface area contributed by atoms with E-state index < -0.39 is 5.60 Å². The summed E-state index contributed by atoms with van der Waals surface area (Å²) in [7, 11) is 0. The Labute approximate surface area is 82.2 Å². The zero-order chi connectivity index (χ0) is 10.3. The molecule has 0 bridgehead atoms. The van der Waals surface area contributed by atoms with Crippen LogP contribution in [0.4, 0.5) is 0 Å². The van der Waals surface area contributed by atoms with Gasteiger partial charge in [0.25, 0.3) is 0 Å². The van der Waals surface area contributed by atoms with E-state index in [4.69, 9.17) is 5.26 Å². The summed E-state index contributed by atoms with van der Waals surface area (Å²) in [5, 5.41) is 7.90. The zero-order valence-electron chi connectivity index (χ0n) is 9.47. The molecule has 1 saturated carbocycles. The largest absolute Gasteiger partial charge is 0.251 e. The summed E-state index contributed by atoms with van der Waals surface area (Å²) in [5.41, 5.74) is -0.403. The van der Waals surface area contributed by atoms with E-state index in [0.717, 1.165) is 5.92 Å². The molecule has 0 aromatic heterocycles. The molecular weight excluding hydrogens is 164 g/mol. The quantitative estimate of drug-likeness (QED) is 0.462. The highest BCUT2D eigenvalue weighted by atomic mass is 17.1. The highest BCUT2D eigenvalue weighted by Crippen LogP contribution is 2.22. The molecule has 80 valence electrons. The Morgan fingerprint density at radius 3 is 1.62 bits per heavy atom. The average molecular weight is 188 g/mol. The molecule has 0 spiro atoms. The molecule has 2 heteroatoms. The van der Waals surface area contributed by atoms with Crippen molar-refractivity contribution in [3.8, 4) is 0 Å². The van der Waals surface area contributed by atoms with Gasteiger partial charge in [-0.2, -0.15) is 0 Å². The maximum Gasteiger partial charge on any atom is 0.0949 e. The molecule has 0 aromatic rings. The summed E-state index contributed by atoms with van der Waals surface area (Å²) in [4.78, 5) is 3.94. The Morgan fingerprint density at radius 1 is 1.08 bits per heavy atom. The molecule has 0 radical (unpaired) electrons. The van der Waals surface area contributed by atoms with E-state index >= 15 is 0 Å². The van der Waals surface area contributed by atoms with Crippen molar-refractivity contribution in [2.24, 2.45) is 5.92 Å². The molecule has 0 heterocycles. The van der Waals surface area contributed by atoms with E-state index in [9.17, 15) is 0 Å². The fourth-order valence-electron chi connectivity index (χ4n) is 1.31. The molecule has 0 aromatic carbocycles. The zero-order valence-corrected chi connectivity index (χ0v) is 9.47. The molecule has 0 amide bonds. The fraction of sp³-hybridized carbons (Fsp3) is 1.00. The van der Waals surface area contributed by atoms with Gasteiger partial charge in [0.1, 0.15) is 0 Å². The van der Waals surface area contributed by atoms with Gasteiger partial charge in [-0.15, -0.1) is 0 Å². The van der Waals surface area contributed by atoms with E-state index in [2.05, 4.69) is 11.8 Å². The number of hydrogen-bond acceptors (Lipinski definition) is 2. The third-order valence-electron chi connectivity index (χ3n) is 2.17. The van der Waals surface area contributed by atoms with Gasteiger partial charge < -0.3 is 0 Å². The molecule has 0 unspecified atom stereocenters. The van der Waals surface area contributed by atoms with Crippen molar-refractivity contribution < 1.29 is 10.1 Å². The Balaban J connectivity index is 0.000000226. The van der Waals surface area contributed by atoms with E-state index in [-0.39, 0.29) is 0 Å². The summed E-state index contributed by atoms with van der Waals surface area (Å²) in [6, 6.07) is 0. The second-order valence-corrected chi connectivity index (χ2v) is 4.95. The van der Waals surface area contributed by atoms with Crippen LogP contribution in [-0.2, 0) is 4.89 Å². The van der Waals surface area contributed by atoms with E-state index in [1.54, 1.807) is 20.8 Å². The second kappa shape index (κ2) is 6.39. The van der Waals surface area contributed by atoms with Crippen molar-refractivity contribution in [2.75, 3.05) is 0 Å². The molecule has 1 N–H and O–H groups in total. The normalized spacial score (nSPS) is 19.2. The van der Waals surface area contributed by atoms with Crippen molar-refractivity contribution in [1.82, 2.24) is 0 Å². The van der Waals surface area contributed by atoms with Crippen molar-refractivity contribution in [2.45, 2.75) is 65.4 Å². The smallest absolute Gasteiger partial charge is 0.0949 e. The summed E-state index contributed by atoms with van der Waals surface area (Å²) in [5.74, 6) is 1.04. The first-order valence-electron chi connectivity index (χ1n) is 5.28. The molecule has 1 rings (SSSR count). The fourth-order valence-corrected chi connectivity index (χ4v) is 1.31. The van der Waals surface area contributed by atoms with Gasteiger partial charge in [-0.05, 0) is 26.7 Å². The topological polar surface area (TPSA) is 29.5 Å². The number of hydrogen-bond donors (Lipinski definition) is 1. The second-order valence-electron chi connectivity index (χ2n) is 4.95. The molecule has 1 aliphatic rings. The predicted octanol–water partition coefficient (Wildman–Crippen LogP) is 3.86. The lowest BCUT2D eigenvalue weighted by molar-refractivity contribution is -0.306.